The average Bonchev–Trinajstić information content (AvgIpc) is 3.26. The number of hydrogen-bond acceptors (Lipinski definition) is 8. The lowest BCUT2D eigenvalue weighted by Crippen LogP contribution is -2.36. The Morgan fingerprint density at radius 2 is 2.06 bits per heavy atom. The first-order valence-corrected chi connectivity index (χ1v) is 14.4. The van der Waals surface area contributed by atoms with E-state index in [1.165, 1.54) is 29.3 Å². The summed E-state index contributed by atoms with van der Waals surface area (Å²) in [5.74, 6) is -0.367. The maximum absolute atomic E-state index is 13.2. The van der Waals surface area contributed by atoms with E-state index in [1.54, 1.807) is 6.26 Å². The molecule has 0 bridgehead atoms. The second kappa shape index (κ2) is 9.28. The number of nitrogens with one attached hydrogen (secondary N) is 2. The van der Waals surface area contributed by atoms with Gasteiger partial charge in [-0.3, -0.25) is 9.59 Å². The van der Waals surface area contributed by atoms with E-state index in [9.17, 15) is 18.0 Å². The standard InChI is InChI=1S/C20H23ClN4O4S3/c1-10-3-4-12-14(7-10)31-19(15(12)17(26)23-11-5-6-32(28,29)9-11)25-18(27)16-13(21)8-22-20(24-16)30-2/h8,10-11H,3-7,9H2,1-2H3,(H,23,26)(H,25,27)/t10-,11+/m0/s1. The van der Waals surface area contributed by atoms with Crippen LogP contribution in [0.4, 0.5) is 5.00 Å². The first kappa shape index (κ1) is 23.5. The minimum Gasteiger partial charge on any atom is -0.348 e. The molecule has 4 rings (SSSR count). The fourth-order valence-corrected chi connectivity index (χ4v) is 7.61. The fourth-order valence-electron chi connectivity index (χ4n) is 4.02. The Kier molecular flexibility index (Phi) is 6.81. The van der Waals surface area contributed by atoms with Gasteiger partial charge in [0.05, 0.1) is 28.3 Å². The lowest BCUT2D eigenvalue weighted by molar-refractivity contribution is 0.0941. The number of nitrogens with zero attached hydrogens (tertiary/aromatic N) is 2. The quantitative estimate of drug-likeness (QED) is 0.464. The highest BCUT2D eigenvalue weighted by Crippen LogP contribution is 2.40. The summed E-state index contributed by atoms with van der Waals surface area (Å²) in [6, 6.07) is -0.422. The molecule has 0 saturated carbocycles. The summed E-state index contributed by atoms with van der Waals surface area (Å²) < 4.78 is 23.6. The van der Waals surface area contributed by atoms with E-state index >= 15 is 0 Å². The molecule has 0 aromatic carbocycles. The monoisotopic (exact) mass is 514 g/mol. The van der Waals surface area contributed by atoms with Crippen molar-refractivity contribution in [2.75, 3.05) is 23.1 Å². The highest BCUT2D eigenvalue weighted by molar-refractivity contribution is 7.98. The Labute approximate surface area is 199 Å². The summed E-state index contributed by atoms with van der Waals surface area (Å²) in [4.78, 5) is 35.5. The lowest BCUT2D eigenvalue weighted by Gasteiger charge is -2.19. The molecule has 2 N–H and O–H groups in total. The predicted octanol–water partition coefficient (Wildman–Crippen LogP) is 3.21. The molecule has 8 nitrogen and oxygen atoms in total. The minimum absolute atomic E-state index is 0.0407. The molecule has 2 aromatic heterocycles. The summed E-state index contributed by atoms with van der Waals surface area (Å²) in [6.45, 7) is 2.16. The van der Waals surface area contributed by atoms with Crippen LogP contribution in [0.3, 0.4) is 0 Å². The zero-order valence-electron chi connectivity index (χ0n) is 17.6. The van der Waals surface area contributed by atoms with Crippen molar-refractivity contribution in [2.24, 2.45) is 5.92 Å². The number of thiophene rings is 1. The molecule has 0 radical (unpaired) electrons. The zero-order valence-corrected chi connectivity index (χ0v) is 20.8. The first-order chi connectivity index (χ1) is 15.2. The number of amides is 2. The maximum Gasteiger partial charge on any atom is 0.276 e. The van der Waals surface area contributed by atoms with Crippen molar-refractivity contribution in [1.82, 2.24) is 15.3 Å². The number of rotatable bonds is 5. The highest BCUT2D eigenvalue weighted by Gasteiger charge is 2.33. The number of sulfone groups is 1. The van der Waals surface area contributed by atoms with E-state index in [4.69, 9.17) is 11.6 Å². The second-order valence-corrected chi connectivity index (χ2v) is 12.7. The Morgan fingerprint density at radius 1 is 1.28 bits per heavy atom. The van der Waals surface area contributed by atoms with Crippen molar-refractivity contribution in [1.29, 1.82) is 0 Å². The van der Waals surface area contributed by atoms with E-state index in [1.807, 2.05) is 0 Å². The number of aromatic nitrogens is 2. The summed E-state index contributed by atoms with van der Waals surface area (Å²) in [7, 11) is -3.12. The Morgan fingerprint density at radius 3 is 2.75 bits per heavy atom. The van der Waals surface area contributed by atoms with Gasteiger partial charge < -0.3 is 10.6 Å². The smallest absolute Gasteiger partial charge is 0.276 e. The predicted molar refractivity (Wildman–Crippen MR) is 127 cm³/mol. The van der Waals surface area contributed by atoms with Gasteiger partial charge >= 0.3 is 0 Å². The van der Waals surface area contributed by atoms with Crippen LogP contribution in [0.5, 0.6) is 0 Å². The Hall–Kier alpha value is -1.69. The van der Waals surface area contributed by atoms with Gasteiger partial charge in [0.25, 0.3) is 11.8 Å². The van der Waals surface area contributed by atoms with Gasteiger partial charge in [-0.05, 0) is 43.4 Å². The summed E-state index contributed by atoms with van der Waals surface area (Å²) >= 11 is 8.83. The van der Waals surface area contributed by atoms with E-state index < -0.39 is 21.8 Å². The number of thioether (sulfide) groups is 1. The van der Waals surface area contributed by atoms with Gasteiger partial charge in [0.15, 0.2) is 20.7 Å². The molecule has 1 fully saturated rings. The van der Waals surface area contributed by atoms with Gasteiger partial charge in [0.1, 0.15) is 5.00 Å². The van der Waals surface area contributed by atoms with Crippen LogP contribution in [-0.2, 0) is 22.7 Å². The van der Waals surface area contributed by atoms with Crippen LogP contribution in [-0.4, -0.2) is 54.0 Å². The van der Waals surface area contributed by atoms with Crippen LogP contribution in [0, 0.1) is 5.92 Å². The van der Waals surface area contributed by atoms with E-state index in [0.717, 1.165) is 29.7 Å². The lowest BCUT2D eigenvalue weighted by atomic mass is 9.88. The van der Waals surface area contributed by atoms with E-state index in [2.05, 4.69) is 27.5 Å². The number of anilines is 1. The van der Waals surface area contributed by atoms with Crippen molar-refractivity contribution >= 4 is 61.4 Å². The molecule has 2 aromatic rings. The largest absolute Gasteiger partial charge is 0.348 e. The molecular formula is C20H23ClN4O4S3. The number of hydrogen-bond donors (Lipinski definition) is 2. The third kappa shape index (κ3) is 4.95. The first-order valence-electron chi connectivity index (χ1n) is 10.2. The molecule has 2 aliphatic rings. The highest BCUT2D eigenvalue weighted by atomic mass is 35.5. The molecule has 12 heteroatoms. The van der Waals surface area contributed by atoms with Crippen LogP contribution >= 0.6 is 34.7 Å². The number of halogens is 1. The van der Waals surface area contributed by atoms with Gasteiger partial charge in [0.2, 0.25) is 0 Å². The van der Waals surface area contributed by atoms with Crippen molar-refractivity contribution in [2.45, 2.75) is 43.8 Å². The molecule has 0 unspecified atom stereocenters. The second-order valence-electron chi connectivity index (χ2n) is 8.14. The van der Waals surface area contributed by atoms with Crippen molar-refractivity contribution in [3.63, 3.8) is 0 Å². The summed E-state index contributed by atoms with van der Waals surface area (Å²) in [5, 5.41) is 6.67. The fraction of sp³-hybridized carbons (Fsp3) is 0.500. The zero-order chi connectivity index (χ0) is 23.0. The van der Waals surface area contributed by atoms with Crippen molar-refractivity contribution in [3.8, 4) is 0 Å². The van der Waals surface area contributed by atoms with Gasteiger partial charge in [0, 0.05) is 10.9 Å². The molecule has 172 valence electrons. The summed E-state index contributed by atoms with van der Waals surface area (Å²) in [5.41, 5.74) is 1.39. The van der Waals surface area contributed by atoms with Gasteiger partial charge in [-0.25, -0.2) is 18.4 Å². The number of fused-ring (bicyclic) bond motifs is 1. The Bertz CT molecular complexity index is 1180. The average molecular weight is 515 g/mol. The van der Waals surface area contributed by atoms with Crippen LogP contribution in [0.2, 0.25) is 5.02 Å². The molecule has 2 atom stereocenters. The molecule has 0 spiro atoms. The SMILES string of the molecule is CSc1ncc(Cl)c(C(=O)Nc2sc3c(c2C(=O)N[C@@H]2CCS(=O)(=O)C2)CC[C@H](C)C3)n1. The molecule has 32 heavy (non-hydrogen) atoms. The number of carbonyl (C=O) groups excluding carboxylic acids is 2. The molecule has 1 aliphatic heterocycles. The van der Waals surface area contributed by atoms with Crippen molar-refractivity contribution < 1.29 is 18.0 Å². The maximum atomic E-state index is 13.2. The normalized spacial score (nSPS) is 21.7. The molecule has 3 heterocycles. The minimum atomic E-state index is -3.12. The molecule has 2 amide bonds. The number of carbonyl (C=O) groups is 2. The third-order valence-corrected chi connectivity index (χ3v) is 9.43. The third-order valence-electron chi connectivity index (χ3n) is 5.65. The molecule has 1 aliphatic carbocycles. The van der Waals surface area contributed by atoms with Crippen LogP contribution in [0.15, 0.2) is 11.4 Å². The Balaban J connectivity index is 1.64. The summed E-state index contributed by atoms with van der Waals surface area (Å²) in [6.07, 6.45) is 6.09. The van der Waals surface area contributed by atoms with E-state index in [-0.39, 0.29) is 28.1 Å². The topological polar surface area (TPSA) is 118 Å². The van der Waals surface area contributed by atoms with Gasteiger partial charge in [-0.1, -0.05) is 30.3 Å². The molecular weight excluding hydrogens is 492 g/mol. The van der Waals surface area contributed by atoms with Gasteiger partial charge in [-0.15, -0.1) is 11.3 Å². The van der Waals surface area contributed by atoms with Gasteiger partial charge in [-0.2, -0.15) is 0 Å². The van der Waals surface area contributed by atoms with Crippen LogP contribution in [0.1, 0.15) is 51.1 Å². The van der Waals surface area contributed by atoms with Crippen molar-refractivity contribution in [3.05, 3.63) is 32.9 Å². The van der Waals surface area contributed by atoms with E-state index in [0.29, 0.717) is 28.1 Å². The van der Waals surface area contributed by atoms with Crippen LogP contribution in [0.25, 0.3) is 0 Å². The van der Waals surface area contributed by atoms with Crippen LogP contribution < -0.4 is 10.6 Å². The molecule has 1 saturated heterocycles.